The molecule has 4 nitrogen and oxygen atoms in total. The van der Waals surface area contributed by atoms with E-state index in [0.29, 0.717) is 30.5 Å². The Morgan fingerprint density at radius 1 is 1.03 bits per heavy atom. The summed E-state index contributed by atoms with van der Waals surface area (Å²) < 4.78 is 49.2. The Kier molecular flexibility index (Phi) is 5.00. The van der Waals surface area contributed by atoms with Gasteiger partial charge in [0.25, 0.3) is 0 Å². The van der Waals surface area contributed by atoms with Crippen LogP contribution in [0, 0.1) is 28.8 Å². The molecule has 0 spiro atoms. The lowest BCUT2D eigenvalue weighted by Crippen LogP contribution is -2.57. The summed E-state index contributed by atoms with van der Waals surface area (Å²) in [7, 11) is 0. The molecule has 2 bridgehead atoms. The van der Waals surface area contributed by atoms with Crippen LogP contribution in [-0.4, -0.2) is 36.7 Å². The summed E-state index contributed by atoms with van der Waals surface area (Å²) in [4.78, 5) is 15.5. The van der Waals surface area contributed by atoms with E-state index in [1.54, 1.807) is 12.1 Å². The third-order valence-corrected chi connectivity index (χ3v) is 7.63. The highest BCUT2D eigenvalue weighted by Gasteiger charge is 2.56. The first-order valence-corrected chi connectivity index (χ1v) is 11.2. The number of piperidine rings is 3. The standard InChI is InChI=1S/C25H27F3N2O2/c1-24(2)13-16-5-3-4-6-17(16)25(24,18-11-20(27)21(28)12-19(18)26)29-23(31)32-22-14-30-9-7-15(22)8-10-30/h3-6,11-12,15,22H,7-10,13-14H2,1-2H3,(H,29,31)/t22-,25?/m1/s1. The predicted molar refractivity (Wildman–Crippen MR) is 114 cm³/mol. The van der Waals surface area contributed by atoms with E-state index in [1.165, 1.54) is 0 Å². The van der Waals surface area contributed by atoms with Crippen LogP contribution in [0.2, 0.25) is 0 Å². The minimum absolute atomic E-state index is 0.0998. The van der Waals surface area contributed by atoms with Crippen molar-refractivity contribution in [3.63, 3.8) is 0 Å². The Morgan fingerprint density at radius 3 is 2.41 bits per heavy atom. The summed E-state index contributed by atoms with van der Waals surface area (Å²) >= 11 is 0. The Bertz CT molecular complexity index is 1070. The number of ether oxygens (including phenoxy) is 1. The molecule has 1 N–H and O–H groups in total. The average molecular weight is 444 g/mol. The van der Waals surface area contributed by atoms with Gasteiger partial charge in [0.15, 0.2) is 11.6 Å². The number of alkyl carbamates (subject to hydrolysis) is 1. The fourth-order valence-corrected chi connectivity index (χ4v) is 6.00. The van der Waals surface area contributed by atoms with E-state index in [2.05, 4.69) is 10.2 Å². The molecule has 2 aromatic rings. The molecule has 3 aliphatic heterocycles. The minimum atomic E-state index is -1.41. The molecular formula is C25H27F3N2O2. The molecule has 7 heteroatoms. The number of hydrogen-bond donors (Lipinski definition) is 1. The fourth-order valence-electron chi connectivity index (χ4n) is 6.00. The van der Waals surface area contributed by atoms with Crippen molar-refractivity contribution in [2.75, 3.05) is 19.6 Å². The molecule has 3 fully saturated rings. The van der Waals surface area contributed by atoms with Crippen LogP contribution < -0.4 is 5.32 Å². The normalized spacial score (nSPS) is 30.1. The number of nitrogens with one attached hydrogen (secondary N) is 1. The predicted octanol–water partition coefficient (Wildman–Crippen LogP) is 4.75. The summed E-state index contributed by atoms with van der Waals surface area (Å²) in [6.45, 7) is 6.49. The van der Waals surface area contributed by atoms with Gasteiger partial charge in [-0.15, -0.1) is 0 Å². The van der Waals surface area contributed by atoms with Gasteiger partial charge in [-0.1, -0.05) is 38.1 Å². The number of carbonyl (C=O) groups excluding carboxylic acids is 1. The van der Waals surface area contributed by atoms with Crippen LogP contribution >= 0.6 is 0 Å². The smallest absolute Gasteiger partial charge is 0.408 e. The summed E-state index contributed by atoms with van der Waals surface area (Å²) in [5.74, 6) is -3.02. The molecular weight excluding hydrogens is 417 g/mol. The quantitative estimate of drug-likeness (QED) is 0.695. The number of rotatable bonds is 3. The van der Waals surface area contributed by atoms with Crippen molar-refractivity contribution < 1.29 is 22.7 Å². The second-order valence-corrected chi connectivity index (χ2v) is 9.92. The highest BCUT2D eigenvalue weighted by atomic mass is 19.2. The van der Waals surface area contributed by atoms with Crippen LogP contribution in [0.3, 0.4) is 0 Å². The van der Waals surface area contributed by atoms with E-state index in [0.717, 1.165) is 37.6 Å². The molecule has 0 radical (unpaired) electrons. The second kappa shape index (κ2) is 7.51. The summed E-state index contributed by atoms with van der Waals surface area (Å²) in [6, 6.07) is 8.80. The minimum Gasteiger partial charge on any atom is -0.445 e. The Labute approximate surface area is 185 Å². The van der Waals surface area contributed by atoms with E-state index in [1.807, 2.05) is 26.0 Å². The van der Waals surface area contributed by atoms with Gasteiger partial charge in [-0.2, -0.15) is 0 Å². The van der Waals surface area contributed by atoms with Crippen LogP contribution in [0.1, 0.15) is 43.4 Å². The zero-order valence-corrected chi connectivity index (χ0v) is 18.3. The molecule has 2 atom stereocenters. The number of halogens is 3. The highest BCUT2D eigenvalue weighted by molar-refractivity contribution is 5.72. The van der Waals surface area contributed by atoms with Gasteiger partial charge in [0, 0.05) is 23.6 Å². The Hall–Kier alpha value is -2.54. The van der Waals surface area contributed by atoms with Crippen LogP contribution in [0.4, 0.5) is 18.0 Å². The molecule has 3 saturated heterocycles. The van der Waals surface area contributed by atoms with Crippen molar-refractivity contribution in [3.8, 4) is 0 Å². The maximum Gasteiger partial charge on any atom is 0.408 e. The molecule has 170 valence electrons. The molecule has 4 aliphatic rings. The third kappa shape index (κ3) is 3.20. The van der Waals surface area contributed by atoms with Gasteiger partial charge >= 0.3 is 6.09 Å². The van der Waals surface area contributed by atoms with Crippen molar-refractivity contribution in [1.29, 1.82) is 0 Å². The van der Waals surface area contributed by atoms with Gasteiger partial charge in [0.2, 0.25) is 0 Å². The second-order valence-electron chi connectivity index (χ2n) is 9.92. The zero-order chi connectivity index (χ0) is 22.7. The molecule has 2 aromatic carbocycles. The number of benzene rings is 2. The number of amides is 1. The third-order valence-electron chi connectivity index (χ3n) is 7.63. The largest absolute Gasteiger partial charge is 0.445 e. The van der Waals surface area contributed by atoms with E-state index in [9.17, 15) is 13.6 Å². The molecule has 0 saturated carbocycles. The van der Waals surface area contributed by atoms with Gasteiger partial charge in [0.1, 0.15) is 17.5 Å². The van der Waals surface area contributed by atoms with Crippen LogP contribution in [0.5, 0.6) is 0 Å². The first-order chi connectivity index (χ1) is 15.2. The monoisotopic (exact) mass is 444 g/mol. The van der Waals surface area contributed by atoms with Crippen molar-refractivity contribution in [2.45, 2.75) is 44.8 Å². The number of hydrogen-bond acceptors (Lipinski definition) is 3. The van der Waals surface area contributed by atoms with E-state index in [-0.39, 0.29) is 11.7 Å². The molecule has 0 aromatic heterocycles. The number of fused-ring (bicyclic) bond motifs is 4. The van der Waals surface area contributed by atoms with Gasteiger partial charge < -0.3 is 10.1 Å². The lowest BCUT2D eigenvalue weighted by molar-refractivity contribution is -0.0368. The van der Waals surface area contributed by atoms with Gasteiger partial charge in [-0.3, -0.25) is 4.90 Å². The van der Waals surface area contributed by atoms with Crippen LogP contribution in [-0.2, 0) is 16.7 Å². The Morgan fingerprint density at radius 2 is 1.72 bits per heavy atom. The molecule has 1 aliphatic carbocycles. The zero-order valence-electron chi connectivity index (χ0n) is 18.3. The number of carbonyl (C=O) groups is 1. The van der Waals surface area contributed by atoms with Gasteiger partial charge in [0.05, 0.1) is 0 Å². The molecule has 1 unspecified atom stereocenters. The summed E-state index contributed by atoms with van der Waals surface area (Å²) in [5.41, 5.74) is -0.647. The highest BCUT2D eigenvalue weighted by Crippen LogP contribution is 2.54. The molecule has 1 amide bonds. The van der Waals surface area contributed by atoms with Crippen LogP contribution in [0.25, 0.3) is 0 Å². The topological polar surface area (TPSA) is 41.6 Å². The van der Waals surface area contributed by atoms with E-state index in [4.69, 9.17) is 4.74 Å². The number of nitrogens with zero attached hydrogens (tertiary/aromatic N) is 1. The summed E-state index contributed by atoms with van der Waals surface area (Å²) in [5, 5.41) is 2.94. The maximum atomic E-state index is 15.2. The van der Waals surface area contributed by atoms with Crippen molar-refractivity contribution in [2.24, 2.45) is 11.3 Å². The van der Waals surface area contributed by atoms with Gasteiger partial charge in [-0.05, 0) is 55.5 Å². The molecule has 3 heterocycles. The molecule has 32 heavy (non-hydrogen) atoms. The average Bonchev–Trinajstić information content (AvgIpc) is 2.98. The van der Waals surface area contributed by atoms with E-state index < -0.39 is 34.5 Å². The SMILES string of the molecule is CC1(C)Cc2ccccc2C1(NC(=O)O[C@@H]1CN2CCC1CC2)c1cc(F)c(F)cc1F. The van der Waals surface area contributed by atoms with Crippen molar-refractivity contribution in [3.05, 3.63) is 70.5 Å². The first-order valence-electron chi connectivity index (χ1n) is 11.2. The first kappa shape index (κ1) is 21.3. The molecule has 6 rings (SSSR count). The van der Waals surface area contributed by atoms with Crippen molar-refractivity contribution in [1.82, 2.24) is 10.2 Å². The fraction of sp³-hybridized carbons (Fsp3) is 0.480. The van der Waals surface area contributed by atoms with Crippen LogP contribution in [0.15, 0.2) is 36.4 Å². The van der Waals surface area contributed by atoms with E-state index >= 15 is 4.39 Å². The van der Waals surface area contributed by atoms with Crippen molar-refractivity contribution >= 4 is 6.09 Å². The lowest BCUT2D eigenvalue weighted by Gasteiger charge is -2.46. The summed E-state index contributed by atoms with van der Waals surface area (Å²) in [6.07, 6.45) is 1.59. The Balaban J connectivity index is 1.57. The lowest BCUT2D eigenvalue weighted by atomic mass is 9.68. The van der Waals surface area contributed by atoms with Gasteiger partial charge in [-0.25, -0.2) is 18.0 Å². The maximum absolute atomic E-state index is 15.2.